The summed E-state index contributed by atoms with van der Waals surface area (Å²) in [5.74, 6) is 0.0717. The van der Waals surface area contributed by atoms with Crippen molar-refractivity contribution in [3.63, 3.8) is 0 Å². The summed E-state index contributed by atoms with van der Waals surface area (Å²) in [5.41, 5.74) is 6.89. The molecule has 0 heterocycles. The molecule has 4 nitrogen and oxygen atoms in total. The Kier molecular flexibility index (Phi) is 8.20. The Bertz CT molecular complexity index is 628. The second-order valence-electron chi connectivity index (χ2n) is 4.50. The predicted molar refractivity (Wildman–Crippen MR) is 95.6 cm³/mol. The number of rotatable bonds is 6. The molecule has 2 N–H and O–H groups in total. The number of carbonyl (C=O) groups is 1. The van der Waals surface area contributed by atoms with Gasteiger partial charge in [0.25, 0.3) is 5.91 Å². The number of ether oxygens (including phenoxy) is 1. The van der Waals surface area contributed by atoms with Crippen LogP contribution >= 0.6 is 35.6 Å². The van der Waals surface area contributed by atoms with Crippen LogP contribution in [-0.2, 0) is 6.54 Å². The molecule has 0 aromatic heterocycles. The zero-order valence-electron chi connectivity index (χ0n) is 12.4. The molecule has 0 radical (unpaired) electrons. The minimum Gasteiger partial charge on any atom is -0.491 e. The van der Waals surface area contributed by atoms with Gasteiger partial charge in [-0.1, -0.05) is 53.5 Å². The van der Waals surface area contributed by atoms with Gasteiger partial charge in [-0.2, -0.15) is 0 Å². The van der Waals surface area contributed by atoms with Crippen molar-refractivity contribution in [3.05, 3.63) is 63.6 Å². The summed E-state index contributed by atoms with van der Waals surface area (Å²) in [6.45, 7) is 2.80. The lowest BCUT2D eigenvalue weighted by atomic mass is 10.2. The summed E-state index contributed by atoms with van der Waals surface area (Å²) in [7, 11) is 0. The molecule has 0 fully saturated rings. The molecule has 7 heteroatoms. The van der Waals surface area contributed by atoms with E-state index in [1.807, 2.05) is 37.3 Å². The largest absolute Gasteiger partial charge is 0.491 e. The highest BCUT2D eigenvalue weighted by atomic mass is 35.5. The summed E-state index contributed by atoms with van der Waals surface area (Å²) in [5, 5.41) is 0.616. The molecule has 2 rings (SSSR count). The van der Waals surface area contributed by atoms with Crippen LogP contribution in [0.2, 0.25) is 10.0 Å². The van der Waals surface area contributed by atoms with Crippen molar-refractivity contribution < 1.29 is 9.53 Å². The van der Waals surface area contributed by atoms with E-state index in [2.05, 4.69) is 10.9 Å². The third-order valence-corrected chi connectivity index (χ3v) is 3.45. The molecular formula is C16H17Cl3N2O2. The Morgan fingerprint density at radius 2 is 1.74 bits per heavy atom. The van der Waals surface area contributed by atoms with Gasteiger partial charge in [0, 0.05) is 12.1 Å². The molecule has 0 aliphatic carbocycles. The Balaban J connectivity index is 0.00000264. The molecule has 0 bridgehead atoms. The van der Waals surface area contributed by atoms with E-state index in [1.165, 1.54) is 12.1 Å². The summed E-state index contributed by atoms with van der Waals surface area (Å²) >= 11 is 12.2. The topological polar surface area (TPSA) is 50.4 Å². The van der Waals surface area contributed by atoms with Crippen LogP contribution in [-0.4, -0.2) is 12.5 Å². The minimum absolute atomic E-state index is 0. The smallest absolute Gasteiger partial charge is 0.265 e. The SMILES string of the molecule is CCOc1c(Cl)cc(C(=O)NNCc2ccccc2)cc1Cl.Cl. The normalized spacial score (nSPS) is 9.87. The van der Waals surface area contributed by atoms with Gasteiger partial charge in [0.2, 0.25) is 0 Å². The zero-order valence-corrected chi connectivity index (χ0v) is 14.8. The first-order valence-electron chi connectivity index (χ1n) is 6.80. The van der Waals surface area contributed by atoms with Crippen LogP contribution in [0.25, 0.3) is 0 Å². The van der Waals surface area contributed by atoms with Gasteiger partial charge >= 0.3 is 0 Å². The molecule has 0 unspecified atom stereocenters. The molecule has 124 valence electrons. The number of hydrazine groups is 1. The Labute approximate surface area is 151 Å². The fourth-order valence-corrected chi connectivity index (χ4v) is 2.46. The summed E-state index contributed by atoms with van der Waals surface area (Å²) in [4.78, 5) is 12.1. The van der Waals surface area contributed by atoms with Crippen molar-refractivity contribution in [1.29, 1.82) is 0 Å². The Hall–Kier alpha value is -1.46. The molecule has 2 aromatic carbocycles. The molecule has 0 aliphatic rings. The Morgan fingerprint density at radius 1 is 1.13 bits per heavy atom. The number of hydrogen-bond donors (Lipinski definition) is 2. The van der Waals surface area contributed by atoms with Gasteiger partial charge in [-0.3, -0.25) is 10.2 Å². The van der Waals surface area contributed by atoms with Crippen molar-refractivity contribution in [2.45, 2.75) is 13.5 Å². The molecule has 0 atom stereocenters. The molecule has 1 amide bonds. The third kappa shape index (κ3) is 5.59. The van der Waals surface area contributed by atoms with Gasteiger partial charge < -0.3 is 4.74 Å². The van der Waals surface area contributed by atoms with E-state index in [1.54, 1.807) is 0 Å². The molecule has 2 aromatic rings. The molecule has 0 aliphatic heterocycles. The van der Waals surface area contributed by atoms with Crippen molar-refractivity contribution in [1.82, 2.24) is 10.9 Å². The number of carbonyl (C=O) groups excluding carboxylic acids is 1. The fraction of sp³-hybridized carbons (Fsp3) is 0.188. The summed E-state index contributed by atoms with van der Waals surface area (Å²) < 4.78 is 5.33. The van der Waals surface area contributed by atoms with E-state index in [0.717, 1.165) is 5.56 Å². The number of halogens is 3. The standard InChI is InChI=1S/C16H16Cl2N2O2.ClH/c1-2-22-15-13(17)8-12(9-14(15)18)16(21)20-19-10-11-6-4-3-5-7-11;/h3-9,19H,2,10H2,1H3,(H,20,21);1H. The van der Waals surface area contributed by atoms with E-state index in [-0.39, 0.29) is 18.3 Å². The lowest BCUT2D eigenvalue weighted by molar-refractivity contribution is 0.0932. The Morgan fingerprint density at radius 3 is 2.30 bits per heavy atom. The van der Waals surface area contributed by atoms with Crippen LogP contribution in [0.15, 0.2) is 42.5 Å². The van der Waals surface area contributed by atoms with Crippen molar-refractivity contribution in [2.24, 2.45) is 0 Å². The molecule has 0 spiro atoms. The monoisotopic (exact) mass is 374 g/mol. The van der Waals surface area contributed by atoms with Crippen LogP contribution in [0, 0.1) is 0 Å². The number of benzene rings is 2. The number of amides is 1. The van der Waals surface area contributed by atoms with Crippen LogP contribution < -0.4 is 15.6 Å². The molecule has 0 saturated heterocycles. The highest BCUT2D eigenvalue weighted by Crippen LogP contribution is 2.34. The number of hydrogen-bond acceptors (Lipinski definition) is 3. The highest BCUT2D eigenvalue weighted by Gasteiger charge is 2.13. The maximum atomic E-state index is 12.1. The van der Waals surface area contributed by atoms with Gasteiger partial charge in [-0.15, -0.1) is 12.4 Å². The van der Waals surface area contributed by atoms with Crippen LogP contribution in [0.4, 0.5) is 0 Å². The fourth-order valence-electron chi connectivity index (χ4n) is 1.87. The predicted octanol–water partition coefficient (Wildman–Crippen LogP) is 4.25. The van der Waals surface area contributed by atoms with Crippen molar-refractivity contribution >= 4 is 41.5 Å². The zero-order chi connectivity index (χ0) is 15.9. The van der Waals surface area contributed by atoms with Gasteiger partial charge in [0.05, 0.1) is 16.7 Å². The summed E-state index contributed by atoms with van der Waals surface area (Å²) in [6, 6.07) is 12.8. The highest BCUT2D eigenvalue weighted by molar-refractivity contribution is 6.37. The van der Waals surface area contributed by atoms with E-state index < -0.39 is 0 Å². The first-order chi connectivity index (χ1) is 10.6. The van der Waals surface area contributed by atoms with E-state index in [9.17, 15) is 4.79 Å². The van der Waals surface area contributed by atoms with E-state index in [4.69, 9.17) is 27.9 Å². The lowest BCUT2D eigenvalue weighted by Crippen LogP contribution is -2.36. The summed E-state index contributed by atoms with van der Waals surface area (Å²) in [6.07, 6.45) is 0. The van der Waals surface area contributed by atoms with Crippen LogP contribution in [0.3, 0.4) is 0 Å². The van der Waals surface area contributed by atoms with Crippen LogP contribution in [0.1, 0.15) is 22.8 Å². The average molecular weight is 376 g/mol. The molecular weight excluding hydrogens is 359 g/mol. The maximum absolute atomic E-state index is 12.1. The van der Waals surface area contributed by atoms with Crippen LogP contribution in [0.5, 0.6) is 5.75 Å². The number of nitrogens with one attached hydrogen (secondary N) is 2. The van der Waals surface area contributed by atoms with Crippen molar-refractivity contribution in [2.75, 3.05) is 6.61 Å². The molecule has 23 heavy (non-hydrogen) atoms. The van der Waals surface area contributed by atoms with Gasteiger partial charge in [-0.25, -0.2) is 5.43 Å². The van der Waals surface area contributed by atoms with Gasteiger partial charge in [0.15, 0.2) is 5.75 Å². The van der Waals surface area contributed by atoms with Gasteiger partial charge in [0.1, 0.15) is 0 Å². The second-order valence-corrected chi connectivity index (χ2v) is 5.31. The van der Waals surface area contributed by atoms with E-state index >= 15 is 0 Å². The lowest BCUT2D eigenvalue weighted by Gasteiger charge is -2.11. The average Bonchev–Trinajstić information content (AvgIpc) is 2.51. The second kappa shape index (κ2) is 9.63. The quantitative estimate of drug-likeness (QED) is 0.742. The maximum Gasteiger partial charge on any atom is 0.265 e. The van der Waals surface area contributed by atoms with Gasteiger partial charge in [-0.05, 0) is 24.6 Å². The third-order valence-electron chi connectivity index (χ3n) is 2.89. The minimum atomic E-state index is -0.317. The van der Waals surface area contributed by atoms with E-state index in [0.29, 0.717) is 34.5 Å². The molecule has 0 saturated carbocycles. The first kappa shape index (κ1) is 19.6. The first-order valence-corrected chi connectivity index (χ1v) is 7.56. The van der Waals surface area contributed by atoms with Crippen molar-refractivity contribution in [3.8, 4) is 5.75 Å².